The van der Waals surface area contributed by atoms with Crippen LogP contribution in [0.3, 0.4) is 0 Å². The van der Waals surface area contributed by atoms with E-state index in [1.54, 1.807) is 30.3 Å². The molecule has 1 saturated heterocycles. The van der Waals surface area contributed by atoms with Gasteiger partial charge in [-0.3, -0.25) is 4.39 Å². The fraction of sp³-hybridized carbons (Fsp3) is 0.280. The first-order valence-corrected chi connectivity index (χ1v) is 12.7. The summed E-state index contributed by atoms with van der Waals surface area (Å²) in [5.41, 5.74) is 7.92. The minimum absolute atomic E-state index is 0.205. The molecule has 1 aromatic carbocycles. The van der Waals surface area contributed by atoms with E-state index in [1.165, 1.54) is 24.2 Å². The summed E-state index contributed by atoms with van der Waals surface area (Å²) in [5, 5.41) is 0. The molecular formula is C25H24F3N7OS. The standard InChI is InChI=1S/C25H24F3N7OS/c26-7-2-12-37-34-19-4-1-3-16(21(19)28)18-5-6-20-22(31-18)25(35-8-10-36-11-9-35)33-24(32-20)15-13-17(27)23(29)30-14-15/h1,3-6,13-14,34H,2,7-12H2,(H2,29,30). The first kappa shape index (κ1) is 25.0. The van der Waals surface area contributed by atoms with Gasteiger partial charge < -0.3 is 20.1 Å². The van der Waals surface area contributed by atoms with Crippen molar-refractivity contribution in [3.63, 3.8) is 0 Å². The highest BCUT2D eigenvalue weighted by atomic mass is 32.2. The molecule has 0 saturated carbocycles. The summed E-state index contributed by atoms with van der Waals surface area (Å²) in [6, 6.07) is 9.66. The highest BCUT2D eigenvalue weighted by Gasteiger charge is 2.21. The number of nitrogens with two attached hydrogens (primary N) is 1. The van der Waals surface area contributed by atoms with E-state index in [0.29, 0.717) is 77.8 Å². The molecule has 0 aliphatic carbocycles. The Kier molecular flexibility index (Phi) is 7.56. The third kappa shape index (κ3) is 5.39. The van der Waals surface area contributed by atoms with Crippen molar-refractivity contribution in [1.29, 1.82) is 0 Å². The van der Waals surface area contributed by atoms with E-state index in [9.17, 15) is 8.78 Å². The molecule has 0 bridgehead atoms. The first-order valence-electron chi connectivity index (χ1n) is 11.7. The molecule has 0 atom stereocenters. The van der Waals surface area contributed by atoms with Gasteiger partial charge >= 0.3 is 0 Å². The van der Waals surface area contributed by atoms with Gasteiger partial charge in [0.25, 0.3) is 0 Å². The minimum Gasteiger partial charge on any atom is -0.381 e. The molecule has 3 aromatic heterocycles. The van der Waals surface area contributed by atoms with E-state index < -0.39 is 18.3 Å². The van der Waals surface area contributed by atoms with Gasteiger partial charge in [-0.1, -0.05) is 18.0 Å². The minimum atomic E-state index is -0.658. The molecular weight excluding hydrogens is 503 g/mol. The lowest BCUT2D eigenvalue weighted by Gasteiger charge is -2.28. The second kappa shape index (κ2) is 11.2. The summed E-state index contributed by atoms with van der Waals surface area (Å²) < 4.78 is 50.3. The van der Waals surface area contributed by atoms with Crippen LogP contribution in [-0.2, 0) is 4.74 Å². The number of benzene rings is 1. The van der Waals surface area contributed by atoms with Crippen LogP contribution in [-0.4, -0.2) is 58.7 Å². The number of hydrogen-bond acceptors (Lipinski definition) is 9. The molecule has 1 aliphatic heterocycles. The molecule has 1 aliphatic rings. The summed E-state index contributed by atoms with van der Waals surface area (Å²) in [4.78, 5) is 20.0. The fourth-order valence-corrected chi connectivity index (χ4v) is 4.58. The Morgan fingerprint density at radius 3 is 2.70 bits per heavy atom. The van der Waals surface area contributed by atoms with Gasteiger partial charge in [0, 0.05) is 36.2 Å². The second-order valence-electron chi connectivity index (χ2n) is 8.29. The van der Waals surface area contributed by atoms with Crippen LogP contribution in [0.5, 0.6) is 0 Å². The molecule has 192 valence electrons. The number of nitrogens with one attached hydrogen (secondary N) is 1. The van der Waals surface area contributed by atoms with Gasteiger partial charge in [-0.2, -0.15) is 0 Å². The van der Waals surface area contributed by atoms with Crippen LogP contribution in [0.1, 0.15) is 6.42 Å². The van der Waals surface area contributed by atoms with Crippen molar-refractivity contribution in [3.8, 4) is 22.6 Å². The molecule has 37 heavy (non-hydrogen) atoms. The summed E-state index contributed by atoms with van der Waals surface area (Å²) in [6.07, 6.45) is 1.81. The Labute approximate surface area is 215 Å². The van der Waals surface area contributed by atoms with Crippen LogP contribution >= 0.6 is 11.9 Å². The van der Waals surface area contributed by atoms with E-state index in [2.05, 4.69) is 14.7 Å². The van der Waals surface area contributed by atoms with Crippen LogP contribution in [0.4, 0.5) is 30.5 Å². The Balaban J connectivity index is 1.58. The summed E-state index contributed by atoms with van der Waals surface area (Å²) in [7, 11) is 0. The zero-order valence-electron chi connectivity index (χ0n) is 19.8. The average molecular weight is 528 g/mol. The summed E-state index contributed by atoms with van der Waals surface area (Å²) in [6.45, 7) is 1.77. The van der Waals surface area contributed by atoms with Crippen LogP contribution in [0.25, 0.3) is 33.7 Å². The number of rotatable bonds is 8. The first-order chi connectivity index (χ1) is 18.0. The van der Waals surface area contributed by atoms with Crippen molar-refractivity contribution < 1.29 is 17.9 Å². The molecule has 0 spiro atoms. The van der Waals surface area contributed by atoms with E-state index >= 15 is 4.39 Å². The summed E-state index contributed by atoms with van der Waals surface area (Å²) in [5.74, 6) is 0.00963. The number of morpholine rings is 1. The van der Waals surface area contributed by atoms with E-state index in [-0.39, 0.29) is 11.6 Å². The van der Waals surface area contributed by atoms with Crippen molar-refractivity contribution in [2.45, 2.75) is 6.42 Å². The molecule has 1 fully saturated rings. The monoisotopic (exact) mass is 527 g/mol. The van der Waals surface area contributed by atoms with Crippen molar-refractivity contribution >= 4 is 40.3 Å². The zero-order chi connectivity index (χ0) is 25.8. The SMILES string of the molecule is Nc1ncc(-c2nc(N3CCOCC3)c3nc(-c4cccc(NSCCCF)c4F)ccc3n2)cc1F. The molecule has 0 unspecified atom stereocenters. The number of halogens is 3. The Bertz CT molecular complexity index is 1420. The number of alkyl halides is 1. The van der Waals surface area contributed by atoms with Crippen LogP contribution in [0.2, 0.25) is 0 Å². The lowest BCUT2D eigenvalue weighted by Crippen LogP contribution is -2.37. The van der Waals surface area contributed by atoms with Crippen molar-refractivity contribution in [3.05, 3.63) is 54.2 Å². The maximum atomic E-state index is 15.4. The van der Waals surface area contributed by atoms with Gasteiger partial charge in [-0.25, -0.2) is 28.7 Å². The smallest absolute Gasteiger partial charge is 0.165 e. The van der Waals surface area contributed by atoms with Crippen molar-refractivity contribution in [1.82, 2.24) is 19.9 Å². The predicted octanol–water partition coefficient (Wildman–Crippen LogP) is 4.87. The second-order valence-corrected chi connectivity index (χ2v) is 9.19. The lowest BCUT2D eigenvalue weighted by molar-refractivity contribution is 0.122. The average Bonchev–Trinajstić information content (AvgIpc) is 2.93. The van der Waals surface area contributed by atoms with Gasteiger partial charge in [-0.05, 0) is 36.8 Å². The van der Waals surface area contributed by atoms with E-state index in [4.69, 9.17) is 20.4 Å². The number of hydrogen-bond donors (Lipinski definition) is 2. The molecule has 0 radical (unpaired) electrons. The van der Waals surface area contributed by atoms with Gasteiger partial charge in [-0.15, -0.1) is 0 Å². The maximum Gasteiger partial charge on any atom is 0.165 e. The third-order valence-electron chi connectivity index (χ3n) is 5.80. The fourth-order valence-electron chi connectivity index (χ4n) is 3.91. The molecule has 8 nitrogen and oxygen atoms in total. The maximum absolute atomic E-state index is 15.4. The van der Waals surface area contributed by atoms with E-state index in [0.717, 1.165) is 0 Å². The van der Waals surface area contributed by atoms with Gasteiger partial charge in [0.05, 0.1) is 36.8 Å². The molecule has 5 rings (SSSR count). The van der Waals surface area contributed by atoms with Crippen LogP contribution < -0.4 is 15.4 Å². The zero-order valence-corrected chi connectivity index (χ0v) is 20.6. The highest BCUT2D eigenvalue weighted by Crippen LogP contribution is 2.32. The number of anilines is 3. The number of nitrogens with zero attached hydrogens (tertiary/aromatic N) is 5. The number of fused-ring (bicyclic) bond motifs is 1. The number of pyridine rings is 2. The van der Waals surface area contributed by atoms with Gasteiger partial charge in [0.1, 0.15) is 5.52 Å². The Morgan fingerprint density at radius 2 is 1.92 bits per heavy atom. The Hall–Kier alpha value is -3.64. The van der Waals surface area contributed by atoms with Crippen molar-refractivity contribution in [2.75, 3.05) is 54.1 Å². The molecule has 0 amide bonds. The van der Waals surface area contributed by atoms with Crippen LogP contribution in [0, 0.1) is 11.6 Å². The van der Waals surface area contributed by atoms with Gasteiger partial charge in [0.2, 0.25) is 0 Å². The molecule has 3 N–H and O–H groups in total. The molecule has 4 heterocycles. The third-order valence-corrected chi connectivity index (χ3v) is 6.66. The largest absolute Gasteiger partial charge is 0.381 e. The van der Waals surface area contributed by atoms with Crippen LogP contribution in [0.15, 0.2) is 42.6 Å². The normalized spacial score (nSPS) is 13.8. The highest BCUT2D eigenvalue weighted by molar-refractivity contribution is 8.00. The van der Waals surface area contributed by atoms with Gasteiger partial charge in [0.15, 0.2) is 29.1 Å². The number of ether oxygens (including phenoxy) is 1. The number of aromatic nitrogens is 4. The van der Waals surface area contributed by atoms with E-state index in [1.807, 2.05) is 4.90 Å². The van der Waals surface area contributed by atoms with Crippen molar-refractivity contribution in [2.24, 2.45) is 0 Å². The predicted molar refractivity (Wildman–Crippen MR) is 140 cm³/mol. The molecule has 4 aromatic rings. The summed E-state index contributed by atoms with van der Waals surface area (Å²) >= 11 is 1.25. The topological polar surface area (TPSA) is 102 Å². The quantitative estimate of drug-likeness (QED) is 0.245. The molecule has 12 heteroatoms. The lowest BCUT2D eigenvalue weighted by atomic mass is 10.1. The number of nitrogen functional groups attached to an aromatic ring is 1. The Morgan fingerprint density at radius 1 is 1.08 bits per heavy atom.